The van der Waals surface area contributed by atoms with Gasteiger partial charge in [0.2, 0.25) is 17.5 Å². The first-order valence-corrected chi connectivity index (χ1v) is 25.3. The topological polar surface area (TPSA) is 115 Å². The number of fused-ring (bicyclic) bond motifs is 5. The Hall–Kier alpha value is -5.39. The fourth-order valence-electron chi connectivity index (χ4n) is 10.5. The molecular formula is C55H69N6O4S+. The van der Waals surface area contributed by atoms with Crippen molar-refractivity contribution in [1.82, 2.24) is 21.3 Å². The summed E-state index contributed by atoms with van der Waals surface area (Å²) in [6.07, 6.45) is 17.7. The number of unbranched alkanes of at least 4 members (excludes halogenated alkanes) is 3. The summed E-state index contributed by atoms with van der Waals surface area (Å²) >= 11 is 1.90. The van der Waals surface area contributed by atoms with E-state index in [9.17, 15) is 14.4 Å². The molecule has 4 N–H and O–H groups in total. The number of thioether (sulfide) groups is 1. The Labute approximate surface area is 395 Å². The molecule has 4 heterocycles. The van der Waals surface area contributed by atoms with Gasteiger partial charge in [0.1, 0.15) is 6.54 Å². The minimum Gasteiger partial charge on any atom is -0.378 e. The molecule has 0 unspecified atom stereocenters. The van der Waals surface area contributed by atoms with Gasteiger partial charge in [0, 0.05) is 84.4 Å². The fraction of sp³-hybridized carbons (Fsp3) is 0.455. The van der Waals surface area contributed by atoms with E-state index in [0.717, 1.165) is 57.4 Å². The number of likely N-dealkylation sites (N-methyl/N-ethyl adjacent to an activating group) is 1. The summed E-state index contributed by atoms with van der Waals surface area (Å²) in [5.41, 5.74) is 7.59. The molecule has 4 aliphatic rings. The van der Waals surface area contributed by atoms with Crippen LogP contribution in [0.3, 0.4) is 0 Å². The van der Waals surface area contributed by atoms with E-state index in [1.54, 1.807) is 0 Å². The number of amides is 4. The lowest BCUT2D eigenvalue weighted by atomic mass is 9.80. The summed E-state index contributed by atoms with van der Waals surface area (Å²) < 4.78 is 8.18. The third-order valence-electron chi connectivity index (χ3n) is 14.1. The smallest absolute Gasteiger partial charge is 0.315 e. The molecule has 2 saturated heterocycles. The molecule has 11 heteroatoms. The van der Waals surface area contributed by atoms with Crippen molar-refractivity contribution in [2.24, 2.45) is 0 Å². The average Bonchev–Trinajstić information content (AvgIpc) is 3.98. The maximum Gasteiger partial charge on any atom is 0.315 e. The quantitative estimate of drug-likeness (QED) is 0.0287. The van der Waals surface area contributed by atoms with Crippen molar-refractivity contribution in [2.45, 2.75) is 114 Å². The predicted molar refractivity (Wildman–Crippen MR) is 272 cm³/mol. The van der Waals surface area contributed by atoms with Gasteiger partial charge in [0.15, 0.2) is 5.71 Å². The Bertz CT molecular complexity index is 2560. The summed E-state index contributed by atoms with van der Waals surface area (Å²) in [6, 6.07) is 27.1. The number of benzene rings is 4. The minimum absolute atomic E-state index is 0.0330. The fourth-order valence-corrected chi connectivity index (χ4v) is 12.0. The van der Waals surface area contributed by atoms with E-state index in [1.165, 1.54) is 55.5 Å². The maximum absolute atomic E-state index is 12.7. The molecular weight excluding hydrogens is 841 g/mol. The van der Waals surface area contributed by atoms with E-state index in [-0.39, 0.29) is 40.8 Å². The second-order valence-corrected chi connectivity index (χ2v) is 20.5. The molecule has 66 heavy (non-hydrogen) atoms. The molecule has 4 amide bonds. The first-order valence-electron chi connectivity index (χ1n) is 24.3. The molecule has 2 fully saturated rings. The number of carbonyl (C=O) groups excluding carboxylic acids is 3. The number of allylic oxidation sites excluding steroid dienone is 6. The Morgan fingerprint density at radius 3 is 2.11 bits per heavy atom. The van der Waals surface area contributed by atoms with E-state index in [2.05, 4.69) is 169 Å². The number of rotatable bonds is 21. The number of nitrogens with zero attached hydrogens (tertiary/aromatic N) is 2. The van der Waals surface area contributed by atoms with Gasteiger partial charge in [-0.15, -0.1) is 0 Å². The van der Waals surface area contributed by atoms with Gasteiger partial charge >= 0.3 is 6.03 Å². The molecule has 10 nitrogen and oxygen atoms in total. The number of anilines is 1. The minimum atomic E-state index is -0.180. The van der Waals surface area contributed by atoms with Crippen LogP contribution in [0, 0.1) is 0 Å². The van der Waals surface area contributed by atoms with Crippen LogP contribution in [0.4, 0.5) is 16.2 Å². The predicted octanol–water partition coefficient (Wildman–Crippen LogP) is 9.72. The molecule has 4 aromatic carbocycles. The highest BCUT2D eigenvalue weighted by Gasteiger charge is 2.45. The summed E-state index contributed by atoms with van der Waals surface area (Å²) in [5.74, 6) is 1.03. The molecule has 0 bridgehead atoms. The zero-order valence-electron chi connectivity index (χ0n) is 39.6. The van der Waals surface area contributed by atoms with Crippen LogP contribution >= 0.6 is 11.8 Å². The molecule has 8 rings (SSSR count). The normalized spacial score (nSPS) is 21.0. The van der Waals surface area contributed by atoms with Gasteiger partial charge in [-0.3, -0.25) is 9.59 Å². The van der Waals surface area contributed by atoms with Gasteiger partial charge in [-0.05, 0) is 97.8 Å². The van der Waals surface area contributed by atoms with Crippen molar-refractivity contribution in [3.05, 3.63) is 120 Å². The molecule has 0 aromatic heterocycles. The van der Waals surface area contributed by atoms with Crippen LogP contribution < -0.4 is 26.2 Å². The van der Waals surface area contributed by atoms with Crippen LogP contribution in [0.5, 0.6) is 0 Å². The molecule has 0 spiro atoms. The zero-order chi connectivity index (χ0) is 46.3. The first kappa shape index (κ1) is 47.1. The van der Waals surface area contributed by atoms with Crippen LogP contribution in [0.1, 0.15) is 97.1 Å². The Morgan fingerprint density at radius 2 is 1.42 bits per heavy atom. The number of ether oxygens (including phenoxy) is 1. The van der Waals surface area contributed by atoms with Gasteiger partial charge in [0.05, 0.1) is 30.7 Å². The third kappa shape index (κ3) is 10.4. The van der Waals surface area contributed by atoms with Gasteiger partial charge in [0.25, 0.3) is 0 Å². The van der Waals surface area contributed by atoms with E-state index in [0.29, 0.717) is 44.4 Å². The number of carbonyl (C=O) groups is 3. The highest BCUT2D eigenvalue weighted by Crippen LogP contribution is 2.49. The lowest BCUT2D eigenvalue weighted by molar-refractivity contribution is -0.438. The van der Waals surface area contributed by atoms with Crippen LogP contribution in [-0.4, -0.2) is 90.6 Å². The van der Waals surface area contributed by atoms with Crippen molar-refractivity contribution >= 4 is 68.2 Å². The van der Waals surface area contributed by atoms with Gasteiger partial charge < -0.3 is 30.9 Å². The summed E-state index contributed by atoms with van der Waals surface area (Å²) in [4.78, 5) is 39.0. The van der Waals surface area contributed by atoms with Crippen LogP contribution in [0.25, 0.3) is 21.5 Å². The summed E-state index contributed by atoms with van der Waals surface area (Å²) in [5, 5.41) is 17.4. The average molecular weight is 910 g/mol. The number of hydrogen-bond acceptors (Lipinski definition) is 6. The highest BCUT2D eigenvalue weighted by molar-refractivity contribution is 8.00. The van der Waals surface area contributed by atoms with Crippen molar-refractivity contribution in [3.63, 3.8) is 0 Å². The molecule has 4 aliphatic heterocycles. The van der Waals surface area contributed by atoms with Crippen molar-refractivity contribution < 1.29 is 23.7 Å². The zero-order valence-corrected chi connectivity index (χ0v) is 40.4. The van der Waals surface area contributed by atoms with Gasteiger partial charge in [-0.1, -0.05) is 87.0 Å². The number of hydrogen-bond donors (Lipinski definition) is 4. The standard InChI is InChI=1S/C55H68N6O4S/c1-6-60-45-35-40-21-14-12-19-38(40)33-42(45)54(2,3)48(60)24-9-7-10-25-49-55(4,5)43-34-39-20-13-15-22-41(39)36-46(43)61(49)30-18-8-11-26-50(62)56-28-31-65-32-29-57-51(63)27-17-16-23-47-52-44(37-66-47)58-53(64)59-52/h7,9-10,12-15,19-22,24-25,33-36,44,47,52H,6,8,11,16-18,23,26-32,37H2,1-5H3,(H3-,56,57,58,59,62,63,64)/p+1/t44-,47-,52-/m0/s1. The molecule has 348 valence electrons. The van der Waals surface area contributed by atoms with Crippen LogP contribution in [0.15, 0.2) is 109 Å². The van der Waals surface area contributed by atoms with E-state index in [4.69, 9.17) is 4.74 Å². The Morgan fingerprint density at radius 1 is 0.788 bits per heavy atom. The van der Waals surface area contributed by atoms with E-state index < -0.39 is 0 Å². The largest absolute Gasteiger partial charge is 0.378 e. The van der Waals surface area contributed by atoms with Crippen LogP contribution in [0.2, 0.25) is 0 Å². The Kier molecular flexibility index (Phi) is 15.0. The van der Waals surface area contributed by atoms with Gasteiger partial charge in [-0.2, -0.15) is 16.3 Å². The van der Waals surface area contributed by atoms with Crippen LogP contribution in [-0.2, 0) is 25.2 Å². The lowest BCUT2D eigenvalue weighted by Gasteiger charge is -2.25. The summed E-state index contributed by atoms with van der Waals surface area (Å²) in [7, 11) is 0. The molecule has 0 aliphatic carbocycles. The van der Waals surface area contributed by atoms with E-state index >= 15 is 0 Å². The molecule has 4 aromatic rings. The van der Waals surface area contributed by atoms with E-state index in [1.807, 2.05) is 11.8 Å². The second-order valence-electron chi connectivity index (χ2n) is 19.3. The van der Waals surface area contributed by atoms with Crippen molar-refractivity contribution in [2.75, 3.05) is 50.0 Å². The second kappa shape index (κ2) is 21.1. The lowest BCUT2D eigenvalue weighted by Crippen LogP contribution is -2.36. The molecule has 3 atom stereocenters. The van der Waals surface area contributed by atoms with Crippen molar-refractivity contribution in [3.8, 4) is 0 Å². The monoisotopic (exact) mass is 910 g/mol. The van der Waals surface area contributed by atoms with Gasteiger partial charge in [-0.25, -0.2) is 4.79 Å². The SMILES string of the molecule is CCN1\C(=C/C=C/C=C/C2=[N+](CCCCCC(=O)NCCOCCNC(=O)CCCC[C@@H]3SC[C@@H]4NC(=O)N[C@@H]43)c3cc4ccccc4cc3C2(C)C)C(C)(C)c2cc3ccccc3cc21. The maximum atomic E-state index is 12.7. The first-order chi connectivity index (χ1) is 31.9. The van der Waals surface area contributed by atoms with Crippen molar-refractivity contribution in [1.29, 1.82) is 0 Å². The number of nitrogens with one attached hydrogen (secondary N) is 4. The Balaban J connectivity index is 0.785. The third-order valence-corrected chi connectivity index (χ3v) is 15.6. The highest BCUT2D eigenvalue weighted by atomic mass is 32.2. The molecule has 0 radical (unpaired) electrons. The number of urea groups is 1. The molecule has 0 saturated carbocycles. The summed E-state index contributed by atoms with van der Waals surface area (Å²) in [6.45, 7) is 15.1.